The summed E-state index contributed by atoms with van der Waals surface area (Å²) in [5.74, 6) is 0.304. The van der Waals surface area contributed by atoms with Gasteiger partial charge in [0, 0.05) is 6.07 Å². The number of rotatable bonds is 7. The van der Waals surface area contributed by atoms with Crippen LogP contribution in [-0.2, 0) is 9.59 Å². The molecule has 3 rings (SSSR count). The van der Waals surface area contributed by atoms with Crippen LogP contribution in [0, 0.1) is 0 Å². The Morgan fingerprint density at radius 3 is 2.52 bits per heavy atom. The summed E-state index contributed by atoms with van der Waals surface area (Å²) in [5.41, 5.74) is 0.558. The summed E-state index contributed by atoms with van der Waals surface area (Å²) in [4.78, 5) is 26.1. The number of halogens is 1. The molecule has 1 heterocycles. The van der Waals surface area contributed by atoms with E-state index in [4.69, 9.17) is 11.6 Å². The van der Waals surface area contributed by atoms with Crippen LogP contribution in [0.5, 0.6) is 0 Å². The third kappa shape index (κ3) is 5.30. The largest absolute Gasteiger partial charge is 0.324 e. The number of amides is 2. The van der Waals surface area contributed by atoms with Gasteiger partial charge < -0.3 is 10.6 Å². The van der Waals surface area contributed by atoms with Crippen LogP contribution in [0.15, 0.2) is 36.5 Å². The molecule has 0 atom stereocenters. The van der Waals surface area contributed by atoms with Crippen LogP contribution < -0.4 is 10.6 Å². The maximum absolute atomic E-state index is 12.3. The van der Waals surface area contributed by atoms with Crippen LogP contribution in [0.2, 0.25) is 5.02 Å². The summed E-state index contributed by atoms with van der Waals surface area (Å²) >= 11 is 6.04. The monoisotopic (exact) mass is 389 g/mol. The minimum Gasteiger partial charge on any atom is -0.324 e. The summed E-state index contributed by atoms with van der Waals surface area (Å²) in [6.07, 6.45) is 6.27. The maximum Gasteiger partial charge on any atom is 0.239 e. The van der Waals surface area contributed by atoms with E-state index in [0.717, 1.165) is 12.8 Å². The average Bonchev–Trinajstić information content (AvgIpc) is 3.27. The Balaban J connectivity index is 1.48. The molecule has 1 fully saturated rings. The minimum atomic E-state index is -0.227. The molecule has 0 unspecified atom stereocenters. The number of hydrogen-bond acceptors (Lipinski definition) is 4. The minimum absolute atomic E-state index is 0.0839. The van der Waals surface area contributed by atoms with Crippen molar-refractivity contribution in [1.82, 2.24) is 14.7 Å². The van der Waals surface area contributed by atoms with Crippen LogP contribution >= 0.6 is 11.6 Å². The van der Waals surface area contributed by atoms with Gasteiger partial charge >= 0.3 is 0 Å². The smallest absolute Gasteiger partial charge is 0.239 e. The van der Waals surface area contributed by atoms with Crippen LogP contribution in [-0.4, -0.2) is 46.6 Å². The third-order valence-electron chi connectivity index (χ3n) is 4.58. The highest BCUT2D eigenvalue weighted by molar-refractivity contribution is 6.33. The van der Waals surface area contributed by atoms with Gasteiger partial charge in [0.25, 0.3) is 0 Å². The van der Waals surface area contributed by atoms with E-state index in [1.165, 1.54) is 12.8 Å². The molecular weight excluding hydrogens is 366 g/mol. The van der Waals surface area contributed by atoms with Crippen LogP contribution in [0.3, 0.4) is 0 Å². The first-order valence-corrected chi connectivity index (χ1v) is 9.47. The highest BCUT2D eigenvalue weighted by Gasteiger charge is 2.21. The fourth-order valence-corrected chi connectivity index (χ4v) is 3.52. The average molecular weight is 390 g/mol. The van der Waals surface area contributed by atoms with E-state index < -0.39 is 0 Å². The lowest BCUT2D eigenvalue weighted by atomic mass is 10.2. The van der Waals surface area contributed by atoms with E-state index in [-0.39, 0.29) is 24.9 Å². The van der Waals surface area contributed by atoms with Crippen molar-refractivity contribution in [3.05, 3.63) is 41.6 Å². The Hall–Kier alpha value is -2.38. The van der Waals surface area contributed by atoms with Crippen molar-refractivity contribution in [3.63, 3.8) is 0 Å². The van der Waals surface area contributed by atoms with Crippen molar-refractivity contribution in [2.24, 2.45) is 0 Å². The fraction of sp³-hybridized carbons (Fsp3) is 0.421. The predicted octanol–water partition coefficient (Wildman–Crippen LogP) is 3.16. The SMILES string of the molecule is CN(CC(=O)Nc1ccccc1Cl)CC(=O)Nc1ccnn1C1CCCC1. The lowest BCUT2D eigenvalue weighted by molar-refractivity contribution is -0.119. The zero-order chi connectivity index (χ0) is 19.2. The maximum atomic E-state index is 12.3. The van der Waals surface area contributed by atoms with Gasteiger partial charge in [-0.25, -0.2) is 4.68 Å². The lowest BCUT2D eigenvalue weighted by Gasteiger charge is -2.18. The van der Waals surface area contributed by atoms with Gasteiger partial charge in [-0.1, -0.05) is 36.6 Å². The Kier molecular flexibility index (Phi) is 6.47. The Bertz CT molecular complexity index is 801. The molecule has 8 heteroatoms. The number of benzene rings is 1. The molecule has 0 spiro atoms. The number of para-hydroxylation sites is 1. The summed E-state index contributed by atoms with van der Waals surface area (Å²) in [5, 5.41) is 10.5. The van der Waals surface area contributed by atoms with Gasteiger partial charge in [0.1, 0.15) is 5.82 Å². The lowest BCUT2D eigenvalue weighted by Crippen LogP contribution is -2.36. The first kappa shape index (κ1) is 19.4. The number of hydrogen-bond donors (Lipinski definition) is 2. The molecule has 0 saturated heterocycles. The van der Waals surface area contributed by atoms with E-state index >= 15 is 0 Å². The van der Waals surface area contributed by atoms with Crippen LogP contribution in [0.25, 0.3) is 0 Å². The zero-order valence-corrected chi connectivity index (χ0v) is 16.1. The van der Waals surface area contributed by atoms with E-state index in [2.05, 4.69) is 15.7 Å². The number of anilines is 2. The molecule has 2 N–H and O–H groups in total. The van der Waals surface area contributed by atoms with Gasteiger partial charge in [0.05, 0.1) is 36.0 Å². The van der Waals surface area contributed by atoms with E-state index in [1.807, 2.05) is 4.68 Å². The molecule has 7 nitrogen and oxygen atoms in total. The number of likely N-dealkylation sites (N-methyl/N-ethyl adjacent to an activating group) is 1. The van der Waals surface area contributed by atoms with Gasteiger partial charge in [-0.3, -0.25) is 14.5 Å². The molecule has 0 bridgehead atoms. The molecule has 1 aromatic heterocycles. The highest BCUT2D eigenvalue weighted by atomic mass is 35.5. The number of nitrogens with zero attached hydrogens (tertiary/aromatic N) is 3. The summed E-state index contributed by atoms with van der Waals surface area (Å²) in [6, 6.07) is 9.20. The Morgan fingerprint density at radius 1 is 1.15 bits per heavy atom. The topological polar surface area (TPSA) is 79.3 Å². The molecular formula is C19H24ClN5O2. The standard InChI is InChI=1S/C19H24ClN5O2/c1-24(12-18(26)22-16-9-5-4-8-15(16)20)13-19(27)23-17-10-11-21-25(17)14-6-2-3-7-14/h4-5,8-11,14H,2-3,6-7,12-13H2,1H3,(H,22,26)(H,23,27). The van der Waals surface area contributed by atoms with Crippen molar-refractivity contribution < 1.29 is 9.59 Å². The zero-order valence-electron chi connectivity index (χ0n) is 15.3. The second kappa shape index (κ2) is 9.01. The van der Waals surface area contributed by atoms with Crippen molar-refractivity contribution in [3.8, 4) is 0 Å². The number of nitrogens with one attached hydrogen (secondary N) is 2. The summed E-state index contributed by atoms with van der Waals surface area (Å²) in [6.45, 7) is 0.187. The van der Waals surface area contributed by atoms with Crippen LogP contribution in [0.1, 0.15) is 31.7 Å². The first-order chi connectivity index (χ1) is 13.0. The molecule has 1 aromatic carbocycles. The molecule has 1 aliphatic rings. The molecule has 2 amide bonds. The normalized spacial score (nSPS) is 14.5. The molecule has 1 aliphatic carbocycles. The van der Waals surface area contributed by atoms with Gasteiger partial charge in [0.2, 0.25) is 11.8 Å². The number of carbonyl (C=O) groups is 2. The molecule has 1 saturated carbocycles. The van der Waals surface area contributed by atoms with Crippen molar-refractivity contribution >= 4 is 34.9 Å². The quantitative estimate of drug-likeness (QED) is 0.762. The predicted molar refractivity (Wildman–Crippen MR) is 106 cm³/mol. The summed E-state index contributed by atoms with van der Waals surface area (Å²) < 4.78 is 1.90. The second-order valence-corrected chi connectivity index (χ2v) is 7.25. The van der Waals surface area contributed by atoms with Gasteiger partial charge in [-0.2, -0.15) is 5.10 Å². The second-order valence-electron chi connectivity index (χ2n) is 6.85. The molecule has 144 valence electrons. The number of aromatic nitrogens is 2. The Morgan fingerprint density at radius 2 is 1.81 bits per heavy atom. The van der Waals surface area contributed by atoms with Gasteiger partial charge in [-0.15, -0.1) is 0 Å². The van der Waals surface area contributed by atoms with Crippen LogP contribution in [0.4, 0.5) is 11.5 Å². The third-order valence-corrected chi connectivity index (χ3v) is 4.91. The summed E-state index contributed by atoms with van der Waals surface area (Å²) in [7, 11) is 1.72. The van der Waals surface area contributed by atoms with Gasteiger partial charge in [-0.05, 0) is 32.0 Å². The first-order valence-electron chi connectivity index (χ1n) is 9.09. The molecule has 0 radical (unpaired) electrons. The fourth-order valence-electron chi connectivity index (χ4n) is 3.33. The van der Waals surface area contributed by atoms with Crippen molar-refractivity contribution in [2.45, 2.75) is 31.7 Å². The highest BCUT2D eigenvalue weighted by Crippen LogP contribution is 2.31. The molecule has 0 aliphatic heterocycles. The molecule has 2 aromatic rings. The van der Waals surface area contributed by atoms with E-state index in [1.54, 1.807) is 48.5 Å². The van der Waals surface area contributed by atoms with Crippen molar-refractivity contribution in [1.29, 1.82) is 0 Å². The molecule has 27 heavy (non-hydrogen) atoms. The van der Waals surface area contributed by atoms with E-state index in [9.17, 15) is 9.59 Å². The van der Waals surface area contributed by atoms with Crippen molar-refractivity contribution in [2.75, 3.05) is 30.8 Å². The van der Waals surface area contributed by atoms with Gasteiger partial charge in [0.15, 0.2) is 0 Å². The number of carbonyl (C=O) groups excluding carboxylic acids is 2. The Labute approximate surface area is 163 Å². The van der Waals surface area contributed by atoms with E-state index in [0.29, 0.717) is 22.6 Å².